The Morgan fingerprint density at radius 2 is 1.00 bits per heavy atom. The quantitative estimate of drug-likeness (QED) is 0.233. The summed E-state index contributed by atoms with van der Waals surface area (Å²) in [6.07, 6.45) is -0.101. The average Bonchev–Trinajstić information content (AvgIpc) is 3.62. The largest absolute Gasteiger partial charge is 0.484 e. The molecule has 2 heterocycles. The first-order valence-electron chi connectivity index (χ1n) is 13.8. The number of rotatable bonds is 4. The molecule has 0 fully saturated rings. The fourth-order valence-corrected chi connectivity index (χ4v) is 6.29. The van der Waals surface area contributed by atoms with Gasteiger partial charge in [0.1, 0.15) is 23.2 Å². The highest BCUT2D eigenvalue weighted by Gasteiger charge is 2.38. The van der Waals surface area contributed by atoms with Gasteiger partial charge in [-0.3, -0.25) is 0 Å². The number of fused-ring (bicyclic) bond motifs is 5. The van der Waals surface area contributed by atoms with Crippen molar-refractivity contribution in [3.05, 3.63) is 162 Å². The first kappa shape index (κ1) is 22.9. The minimum atomic E-state index is -0.101. The van der Waals surface area contributed by atoms with Gasteiger partial charge in [0.15, 0.2) is 0 Å². The van der Waals surface area contributed by atoms with Gasteiger partial charge in [-0.05, 0) is 28.8 Å². The summed E-state index contributed by atoms with van der Waals surface area (Å²) in [6.45, 7) is 0. The molecule has 2 unspecified atom stereocenters. The van der Waals surface area contributed by atoms with E-state index in [9.17, 15) is 0 Å². The molecule has 2 heteroatoms. The summed E-state index contributed by atoms with van der Waals surface area (Å²) in [6, 6.07) is 51.0. The van der Waals surface area contributed by atoms with Gasteiger partial charge in [0, 0.05) is 32.8 Å². The molecule has 0 N–H and O–H groups in total. The molecule has 2 atom stereocenters. The maximum Gasteiger partial charge on any atom is 0.143 e. The number of furan rings is 1. The van der Waals surface area contributed by atoms with Crippen molar-refractivity contribution in [1.82, 2.24) is 0 Å². The second kappa shape index (κ2) is 9.29. The van der Waals surface area contributed by atoms with Gasteiger partial charge in [-0.15, -0.1) is 0 Å². The zero-order chi connectivity index (χ0) is 26.5. The van der Waals surface area contributed by atoms with E-state index < -0.39 is 0 Å². The van der Waals surface area contributed by atoms with Gasteiger partial charge >= 0.3 is 0 Å². The van der Waals surface area contributed by atoms with Crippen LogP contribution in [0.5, 0.6) is 5.75 Å². The Kier molecular flexibility index (Phi) is 5.31. The van der Waals surface area contributed by atoms with Crippen LogP contribution in [-0.2, 0) is 0 Å². The smallest absolute Gasteiger partial charge is 0.143 e. The van der Waals surface area contributed by atoms with Gasteiger partial charge in [0.05, 0.1) is 5.92 Å². The molecule has 2 nitrogen and oxygen atoms in total. The molecule has 0 radical (unpaired) electrons. The standard InChI is InChI=1S/C38H26O2/c1-5-13-25(14-6-1)33-31-23-21-30-29(37(31)39-35(33)27-17-9-3-10-18-27)22-24-32-34(26-15-7-2-8-16-26)36(40-38(30)32)28-19-11-4-12-20-28/h1-24,33,35H. The Labute approximate surface area is 233 Å². The Bertz CT molecular complexity index is 1960. The zero-order valence-electron chi connectivity index (χ0n) is 21.8. The Morgan fingerprint density at radius 3 is 1.68 bits per heavy atom. The number of ether oxygens (including phenoxy) is 1. The molecule has 1 aliphatic heterocycles. The fourth-order valence-electron chi connectivity index (χ4n) is 6.29. The summed E-state index contributed by atoms with van der Waals surface area (Å²) in [7, 11) is 0. The Morgan fingerprint density at radius 1 is 0.450 bits per heavy atom. The number of hydrogen-bond donors (Lipinski definition) is 0. The lowest BCUT2D eigenvalue weighted by Crippen LogP contribution is -2.11. The normalized spacial score (nSPS) is 16.2. The van der Waals surface area contributed by atoms with Crippen LogP contribution in [0.15, 0.2) is 150 Å². The Hall–Kier alpha value is -5.08. The molecule has 1 aromatic heterocycles. The van der Waals surface area contributed by atoms with Crippen molar-refractivity contribution in [2.45, 2.75) is 12.0 Å². The Balaban J connectivity index is 1.37. The molecular formula is C38H26O2. The molecule has 8 rings (SSSR count). The third-order valence-corrected chi connectivity index (χ3v) is 8.10. The van der Waals surface area contributed by atoms with E-state index in [1.54, 1.807) is 0 Å². The lowest BCUT2D eigenvalue weighted by Gasteiger charge is -2.20. The third kappa shape index (κ3) is 3.57. The molecule has 0 bridgehead atoms. The van der Waals surface area contributed by atoms with E-state index in [-0.39, 0.29) is 12.0 Å². The van der Waals surface area contributed by atoms with Crippen LogP contribution in [0.2, 0.25) is 0 Å². The second-order valence-electron chi connectivity index (χ2n) is 10.4. The van der Waals surface area contributed by atoms with E-state index in [0.29, 0.717) is 0 Å². The lowest BCUT2D eigenvalue weighted by atomic mass is 9.84. The highest BCUT2D eigenvalue weighted by Crippen LogP contribution is 2.53. The first-order chi connectivity index (χ1) is 19.9. The van der Waals surface area contributed by atoms with Gasteiger partial charge < -0.3 is 9.15 Å². The van der Waals surface area contributed by atoms with E-state index in [2.05, 4.69) is 140 Å². The van der Waals surface area contributed by atoms with Gasteiger partial charge in [-0.1, -0.05) is 133 Å². The van der Waals surface area contributed by atoms with Gasteiger partial charge in [-0.25, -0.2) is 0 Å². The maximum atomic E-state index is 6.89. The van der Waals surface area contributed by atoms with Crippen LogP contribution in [0.3, 0.4) is 0 Å². The molecule has 0 amide bonds. The highest BCUT2D eigenvalue weighted by molar-refractivity contribution is 6.14. The van der Waals surface area contributed by atoms with Crippen LogP contribution in [0.1, 0.15) is 28.7 Å². The molecule has 1 aliphatic rings. The average molecular weight is 515 g/mol. The van der Waals surface area contributed by atoms with Crippen LogP contribution < -0.4 is 4.74 Å². The molecule has 7 aromatic rings. The van der Waals surface area contributed by atoms with Crippen molar-refractivity contribution < 1.29 is 9.15 Å². The number of benzene rings is 6. The SMILES string of the molecule is c1ccc(-c2oc3c(ccc4c5c(ccc43)C(c3ccccc3)C(c3ccccc3)O5)c2-c2ccccc2)cc1. The molecule has 0 saturated heterocycles. The maximum absolute atomic E-state index is 6.89. The lowest BCUT2D eigenvalue weighted by molar-refractivity contribution is 0.224. The topological polar surface area (TPSA) is 22.4 Å². The van der Waals surface area contributed by atoms with E-state index in [1.807, 2.05) is 6.07 Å². The molecule has 6 aromatic carbocycles. The van der Waals surface area contributed by atoms with E-state index >= 15 is 0 Å². The molecule has 40 heavy (non-hydrogen) atoms. The minimum absolute atomic E-state index is 0.101. The van der Waals surface area contributed by atoms with Crippen molar-refractivity contribution in [3.63, 3.8) is 0 Å². The summed E-state index contributed by atoms with van der Waals surface area (Å²) in [5.74, 6) is 1.94. The van der Waals surface area contributed by atoms with Crippen molar-refractivity contribution in [1.29, 1.82) is 0 Å². The molecule has 0 aliphatic carbocycles. The summed E-state index contributed by atoms with van der Waals surface area (Å²) >= 11 is 0. The molecule has 0 spiro atoms. The molecule has 190 valence electrons. The first-order valence-corrected chi connectivity index (χ1v) is 13.8. The van der Waals surface area contributed by atoms with E-state index in [0.717, 1.165) is 49.9 Å². The highest BCUT2D eigenvalue weighted by atomic mass is 16.5. The van der Waals surface area contributed by atoms with Crippen LogP contribution in [-0.4, -0.2) is 0 Å². The van der Waals surface area contributed by atoms with Crippen molar-refractivity contribution in [2.75, 3.05) is 0 Å². The zero-order valence-corrected chi connectivity index (χ0v) is 21.8. The summed E-state index contributed by atoms with van der Waals surface area (Å²) in [5, 5.41) is 3.25. The van der Waals surface area contributed by atoms with Crippen LogP contribution in [0, 0.1) is 0 Å². The van der Waals surface area contributed by atoms with Gasteiger partial charge in [0.2, 0.25) is 0 Å². The van der Waals surface area contributed by atoms with Crippen LogP contribution in [0.4, 0.5) is 0 Å². The summed E-state index contributed by atoms with van der Waals surface area (Å²) < 4.78 is 13.7. The second-order valence-corrected chi connectivity index (χ2v) is 10.4. The van der Waals surface area contributed by atoms with Crippen LogP contribution >= 0.6 is 0 Å². The minimum Gasteiger partial charge on any atom is -0.484 e. The summed E-state index contributed by atoms with van der Waals surface area (Å²) in [5.41, 5.74) is 7.87. The van der Waals surface area contributed by atoms with Crippen molar-refractivity contribution in [2.24, 2.45) is 0 Å². The summed E-state index contributed by atoms with van der Waals surface area (Å²) in [4.78, 5) is 0. The monoisotopic (exact) mass is 514 g/mol. The van der Waals surface area contributed by atoms with Crippen molar-refractivity contribution in [3.8, 4) is 28.2 Å². The predicted molar refractivity (Wildman–Crippen MR) is 163 cm³/mol. The van der Waals surface area contributed by atoms with Crippen LogP contribution in [0.25, 0.3) is 44.2 Å². The van der Waals surface area contributed by atoms with Gasteiger partial charge in [0.25, 0.3) is 0 Å². The molecule has 0 saturated carbocycles. The fraction of sp³-hybridized carbons (Fsp3) is 0.0526. The molecular weight excluding hydrogens is 488 g/mol. The van der Waals surface area contributed by atoms with Crippen molar-refractivity contribution >= 4 is 21.7 Å². The third-order valence-electron chi connectivity index (χ3n) is 8.10. The van der Waals surface area contributed by atoms with Gasteiger partial charge in [-0.2, -0.15) is 0 Å². The predicted octanol–water partition coefficient (Wildman–Crippen LogP) is 10.2. The van der Waals surface area contributed by atoms with E-state index in [4.69, 9.17) is 9.15 Å². The van der Waals surface area contributed by atoms with E-state index in [1.165, 1.54) is 16.7 Å². The number of hydrogen-bond acceptors (Lipinski definition) is 2.